The quantitative estimate of drug-likeness (QED) is 0.850. The summed E-state index contributed by atoms with van der Waals surface area (Å²) in [6, 6.07) is 7.62. The zero-order valence-corrected chi connectivity index (χ0v) is 12.3. The molecular formula is C15H22N2O3. The van der Waals surface area contributed by atoms with Gasteiger partial charge in [0.25, 0.3) is 0 Å². The molecule has 5 heteroatoms. The van der Waals surface area contributed by atoms with Crippen molar-refractivity contribution in [3.05, 3.63) is 24.3 Å². The first-order valence-corrected chi connectivity index (χ1v) is 6.79. The lowest BCUT2D eigenvalue weighted by Crippen LogP contribution is -2.54. The summed E-state index contributed by atoms with van der Waals surface area (Å²) in [5.74, 6) is 0.520. The molecule has 0 aromatic heterocycles. The number of nitrogens with one attached hydrogen (secondary N) is 1. The summed E-state index contributed by atoms with van der Waals surface area (Å²) in [6.07, 6.45) is 1.43. The van der Waals surface area contributed by atoms with Crippen molar-refractivity contribution in [2.45, 2.75) is 18.4 Å². The molecule has 0 atom stereocenters. The second-order valence-corrected chi connectivity index (χ2v) is 5.20. The van der Waals surface area contributed by atoms with Crippen molar-refractivity contribution in [1.29, 1.82) is 0 Å². The van der Waals surface area contributed by atoms with Gasteiger partial charge in [0.05, 0.1) is 19.9 Å². The maximum atomic E-state index is 12.3. The molecule has 2 rings (SSSR count). The number of benzene rings is 1. The number of carbonyl (C=O) groups is 1. The Morgan fingerprint density at radius 2 is 1.90 bits per heavy atom. The lowest BCUT2D eigenvalue weighted by atomic mass is 9.87. The van der Waals surface area contributed by atoms with Crippen molar-refractivity contribution in [2.75, 3.05) is 39.7 Å². The number of ether oxygens (including phenoxy) is 2. The number of hydrogen-bond acceptors (Lipinski definition) is 5. The topological polar surface area (TPSA) is 50.8 Å². The average molecular weight is 278 g/mol. The number of esters is 1. The van der Waals surface area contributed by atoms with Crippen LogP contribution >= 0.6 is 0 Å². The lowest BCUT2D eigenvalue weighted by Gasteiger charge is -2.39. The number of likely N-dealkylation sites (tertiary alicyclic amines) is 1. The molecule has 1 saturated heterocycles. The molecular weight excluding hydrogens is 256 g/mol. The largest absolute Gasteiger partial charge is 0.495 e. The summed E-state index contributed by atoms with van der Waals surface area (Å²) in [7, 11) is 5.12. The highest BCUT2D eigenvalue weighted by Gasteiger charge is 2.42. The monoisotopic (exact) mass is 278 g/mol. The molecule has 1 heterocycles. The molecule has 20 heavy (non-hydrogen) atoms. The summed E-state index contributed by atoms with van der Waals surface area (Å²) in [5, 5.41) is 3.36. The first kappa shape index (κ1) is 14.7. The molecule has 1 aliphatic heterocycles. The number of rotatable bonds is 4. The maximum Gasteiger partial charge on any atom is 0.331 e. The van der Waals surface area contributed by atoms with Gasteiger partial charge in [-0.2, -0.15) is 0 Å². The van der Waals surface area contributed by atoms with Crippen LogP contribution in [0, 0.1) is 0 Å². The Labute approximate surface area is 119 Å². The molecule has 0 spiro atoms. The van der Waals surface area contributed by atoms with E-state index in [1.165, 1.54) is 7.11 Å². The van der Waals surface area contributed by atoms with Gasteiger partial charge in [-0.3, -0.25) is 0 Å². The minimum Gasteiger partial charge on any atom is -0.495 e. The van der Waals surface area contributed by atoms with Gasteiger partial charge in [0.15, 0.2) is 0 Å². The Morgan fingerprint density at radius 1 is 1.25 bits per heavy atom. The molecule has 0 unspecified atom stereocenters. The Morgan fingerprint density at radius 3 is 2.50 bits per heavy atom. The van der Waals surface area contributed by atoms with Crippen LogP contribution in [0.4, 0.5) is 5.69 Å². The van der Waals surface area contributed by atoms with Crippen molar-refractivity contribution in [3.63, 3.8) is 0 Å². The van der Waals surface area contributed by atoms with Gasteiger partial charge in [0.2, 0.25) is 0 Å². The van der Waals surface area contributed by atoms with E-state index < -0.39 is 5.54 Å². The highest BCUT2D eigenvalue weighted by Crippen LogP contribution is 2.32. The zero-order valence-electron chi connectivity index (χ0n) is 12.3. The fourth-order valence-corrected chi connectivity index (χ4v) is 2.58. The van der Waals surface area contributed by atoms with Crippen LogP contribution in [0.5, 0.6) is 5.75 Å². The summed E-state index contributed by atoms with van der Waals surface area (Å²) in [5.41, 5.74) is 0.153. The number of anilines is 1. The molecule has 110 valence electrons. The molecule has 1 aromatic rings. The molecule has 0 aliphatic carbocycles. The van der Waals surface area contributed by atoms with E-state index in [9.17, 15) is 4.79 Å². The van der Waals surface area contributed by atoms with E-state index in [4.69, 9.17) is 9.47 Å². The molecule has 0 radical (unpaired) electrons. The number of nitrogens with zero attached hydrogens (tertiary/aromatic N) is 1. The summed E-state index contributed by atoms with van der Waals surface area (Å²) >= 11 is 0. The second-order valence-electron chi connectivity index (χ2n) is 5.20. The van der Waals surface area contributed by atoms with E-state index in [1.807, 2.05) is 24.3 Å². The standard InChI is InChI=1S/C15H22N2O3/c1-17-10-8-15(9-11-17,14(18)20-3)16-12-6-4-5-7-13(12)19-2/h4-7,16H,8-11H2,1-3H3. The van der Waals surface area contributed by atoms with Crippen molar-refractivity contribution in [2.24, 2.45) is 0 Å². The van der Waals surface area contributed by atoms with Crippen LogP contribution in [0.25, 0.3) is 0 Å². The Kier molecular flexibility index (Phi) is 4.49. The Bertz CT molecular complexity index is 468. The SMILES string of the molecule is COC(=O)C1(Nc2ccccc2OC)CCN(C)CC1. The first-order valence-electron chi connectivity index (χ1n) is 6.79. The predicted octanol–water partition coefficient (Wildman–Crippen LogP) is 1.74. The van der Waals surface area contributed by atoms with Crippen molar-refractivity contribution in [3.8, 4) is 5.75 Å². The van der Waals surface area contributed by atoms with Crippen LogP contribution < -0.4 is 10.1 Å². The fraction of sp³-hybridized carbons (Fsp3) is 0.533. The highest BCUT2D eigenvalue weighted by atomic mass is 16.5. The third-order valence-electron chi connectivity index (χ3n) is 3.90. The average Bonchev–Trinajstić information content (AvgIpc) is 2.49. The zero-order chi connectivity index (χ0) is 14.6. The van der Waals surface area contributed by atoms with Crippen LogP contribution in [0.1, 0.15) is 12.8 Å². The Balaban J connectivity index is 2.26. The number of piperidine rings is 1. The van der Waals surface area contributed by atoms with Crippen LogP contribution in [0.2, 0.25) is 0 Å². The van der Waals surface area contributed by atoms with Crippen LogP contribution in [0.3, 0.4) is 0 Å². The van der Waals surface area contributed by atoms with Gasteiger partial charge in [-0.15, -0.1) is 0 Å². The van der Waals surface area contributed by atoms with E-state index in [2.05, 4.69) is 17.3 Å². The van der Waals surface area contributed by atoms with Gasteiger partial charge >= 0.3 is 5.97 Å². The predicted molar refractivity (Wildman–Crippen MR) is 78.1 cm³/mol. The van der Waals surface area contributed by atoms with Crippen molar-refractivity contribution >= 4 is 11.7 Å². The van der Waals surface area contributed by atoms with Gasteiger partial charge in [-0.05, 0) is 32.0 Å². The smallest absolute Gasteiger partial charge is 0.331 e. The molecule has 1 N–H and O–H groups in total. The summed E-state index contributed by atoms with van der Waals surface area (Å²) in [4.78, 5) is 14.5. The van der Waals surface area contributed by atoms with Gasteiger partial charge < -0.3 is 19.7 Å². The maximum absolute atomic E-state index is 12.3. The third-order valence-corrected chi connectivity index (χ3v) is 3.90. The van der Waals surface area contributed by atoms with E-state index >= 15 is 0 Å². The lowest BCUT2D eigenvalue weighted by molar-refractivity contribution is -0.147. The summed E-state index contributed by atoms with van der Waals surface area (Å²) < 4.78 is 10.4. The van der Waals surface area contributed by atoms with E-state index in [-0.39, 0.29) is 5.97 Å². The fourth-order valence-electron chi connectivity index (χ4n) is 2.58. The van der Waals surface area contributed by atoms with E-state index in [0.717, 1.165) is 24.5 Å². The minimum absolute atomic E-state index is 0.212. The van der Waals surface area contributed by atoms with Crippen molar-refractivity contribution in [1.82, 2.24) is 4.90 Å². The molecule has 5 nitrogen and oxygen atoms in total. The van der Waals surface area contributed by atoms with Crippen molar-refractivity contribution < 1.29 is 14.3 Å². The second kappa shape index (κ2) is 6.13. The normalized spacial score (nSPS) is 18.4. The number of carbonyl (C=O) groups excluding carboxylic acids is 1. The van der Waals surface area contributed by atoms with E-state index in [0.29, 0.717) is 12.8 Å². The van der Waals surface area contributed by atoms with Gasteiger partial charge in [0.1, 0.15) is 11.3 Å². The summed E-state index contributed by atoms with van der Waals surface area (Å²) in [6.45, 7) is 1.72. The van der Waals surface area contributed by atoms with Crippen LogP contribution in [-0.4, -0.2) is 50.8 Å². The van der Waals surface area contributed by atoms with E-state index in [1.54, 1.807) is 7.11 Å². The molecule has 1 aromatic carbocycles. The van der Waals surface area contributed by atoms with Gasteiger partial charge in [0, 0.05) is 13.1 Å². The molecule has 1 fully saturated rings. The molecule has 0 amide bonds. The van der Waals surface area contributed by atoms with Crippen LogP contribution in [-0.2, 0) is 9.53 Å². The highest BCUT2D eigenvalue weighted by molar-refractivity contribution is 5.85. The van der Waals surface area contributed by atoms with Gasteiger partial charge in [-0.1, -0.05) is 12.1 Å². The van der Waals surface area contributed by atoms with Crippen LogP contribution in [0.15, 0.2) is 24.3 Å². The number of para-hydroxylation sites is 2. The number of hydrogen-bond donors (Lipinski definition) is 1. The molecule has 1 aliphatic rings. The van der Waals surface area contributed by atoms with Gasteiger partial charge in [-0.25, -0.2) is 4.79 Å². The molecule has 0 saturated carbocycles. The molecule has 0 bridgehead atoms. The first-order chi connectivity index (χ1) is 9.61. The third kappa shape index (κ3) is 2.88. The minimum atomic E-state index is -0.671. The number of methoxy groups -OCH3 is 2. The Hall–Kier alpha value is -1.75.